The monoisotopic (exact) mass is 337 g/mol. The molecule has 0 radical (unpaired) electrons. The zero-order valence-electron chi connectivity index (χ0n) is 13.0. The Hall–Kier alpha value is -2.22. The number of aromatic nitrogens is 2. The molecule has 1 amide bonds. The molecule has 0 aliphatic heterocycles. The first-order valence-corrected chi connectivity index (χ1v) is 8.32. The van der Waals surface area contributed by atoms with Crippen molar-refractivity contribution in [2.75, 3.05) is 0 Å². The minimum atomic E-state index is -1.02. The van der Waals surface area contributed by atoms with E-state index in [2.05, 4.69) is 15.5 Å². The molecule has 0 aromatic carbocycles. The first-order valence-electron chi connectivity index (χ1n) is 7.38. The Morgan fingerprint density at radius 1 is 1.48 bits per heavy atom. The fourth-order valence-corrected chi connectivity index (χ4v) is 2.65. The highest BCUT2D eigenvalue weighted by atomic mass is 32.1. The number of thiophene rings is 1. The van der Waals surface area contributed by atoms with E-state index in [9.17, 15) is 9.59 Å². The minimum Gasteiger partial charge on any atom is -0.480 e. The lowest BCUT2D eigenvalue weighted by molar-refractivity contribution is -0.143. The van der Waals surface area contributed by atoms with Gasteiger partial charge in [0.2, 0.25) is 17.6 Å². The number of carbonyl (C=O) groups excluding carboxylic acids is 1. The van der Waals surface area contributed by atoms with Crippen molar-refractivity contribution < 1.29 is 19.2 Å². The molecule has 0 saturated heterocycles. The number of hydrogen-bond acceptors (Lipinski definition) is 6. The third kappa shape index (κ3) is 4.62. The van der Waals surface area contributed by atoms with E-state index in [-0.39, 0.29) is 24.7 Å². The van der Waals surface area contributed by atoms with Gasteiger partial charge in [-0.05, 0) is 17.4 Å². The predicted octanol–water partition coefficient (Wildman–Crippen LogP) is 2.35. The van der Waals surface area contributed by atoms with Crippen LogP contribution in [0.1, 0.15) is 32.6 Å². The van der Waals surface area contributed by atoms with Gasteiger partial charge < -0.3 is 14.9 Å². The molecule has 2 aromatic heterocycles. The molecule has 2 N–H and O–H groups in total. The molecule has 124 valence electrons. The predicted molar refractivity (Wildman–Crippen MR) is 85.0 cm³/mol. The van der Waals surface area contributed by atoms with Gasteiger partial charge in [-0.1, -0.05) is 25.4 Å². The van der Waals surface area contributed by atoms with Gasteiger partial charge in [-0.2, -0.15) is 16.3 Å². The highest BCUT2D eigenvalue weighted by Gasteiger charge is 2.25. The van der Waals surface area contributed by atoms with Crippen LogP contribution >= 0.6 is 11.3 Å². The molecule has 2 rings (SSSR count). The lowest BCUT2D eigenvalue weighted by atomic mass is 9.99. The van der Waals surface area contributed by atoms with E-state index in [1.807, 2.05) is 23.8 Å². The zero-order valence-corrected chi connectivity index (χ0v) is 13.8. The molecule has 2 unspecified atom stereocenters. The standard InChI is InChI=1S/C15H19N3O4S/c1-3-9(2)13(15(20)21)16-11(19)4-5-12-17-14(18-22-12)10-6-7-23-8-10/h6-9,13H,3-5H2,1-2H3,(H,16,19)(H,20,21). The molecule has 2 atom stereocenters. The maximum Gasteiger partial charge on any atom is 0.326 e. The third-order valence-corrected chi connectivity index (χ3v) is 4.29. The number of aryl methyl sites for hydroxylation is 1. The highest BCUT2D eigenvalue weighted by Crippen LogP contribution is 2.19. The summed E-state index contributed by atoms with van der Waals surface area (Å²) in [5, 5.41) is 19.4. The Bertz CT molecular complexity index is 653. The van der Waals surface area contributed by atoms with E-state index >= 15 is 0 Å². The Morgan fingerprint density at radius 2 is 2.26 bits per heavy atom. The van der Waals surface area contributed by atoms with Crippen LogP contribution in [0.3, 0.4) is 0 Å². The van der Waals surface area contributed by atoms with Gasteiger partial charge in [0.1, 0.15) is 6.04 Å². The van der Waals surface area contributed by atoms with Crippen LogP contribution in [0.4, 0.5) is 0 Å². The normalized spacial score (nSPS) is 13.5. The van der Waals surface area contributed by atoms with Crippen molar-refractivity contribution in [3.05, 3.63) is 22.7 Å². The van der Waals surface area contributed by atoms with E-state index in [0.717, 1.165) is 5.56 Å². The van der Waals surface area contributed by atoms with Gasteiger partial charge >= 0.3 is 5.97 Å². The Labute approximate surface area is 137 Å². The van der Waals surface area contributed by atoms with E-state index in [4.69, 9.17) is 9.63 Å². The number of amides is 1. The summed E-state index contributed by atoms with van der Waals surface area (Å²) in [4.78, 5) is 27.3. The first-order chi connectivity index (χ1) is 11.0. The summed E-state index contributed by atoms with van der Waals surface area (Å²) < 4.78 is 5.11. The van der Waals surface area contributed by atoms with Gasteiger partial charge in [-0.15, -0.1) is 0 Å². The van der Waals surface area contributed by atoms with Crippen molar-refractivity contribution in [3.63, 3.8) is 0 Å². The molecule has 7 nitrogen and oxygen atoms in total. The summed E-state index contributed by atoms with van der Waals surface area (Å²) in [7, 11) is 0. The Balaban J connectivity index is 1.88. The average molecular weight is 337 g/mol. The zero-order chi connectivity index (χ0) is 16.8. The highest BCUT2D eigenvalue weighted by molar-refractivity contribution is 7.08. The maximum atomic E-state index is 11.9. The van der Waals surface area contributed by atoms with E-state index in [0.29, 0.717) is 18.1 Å². The van der Waals surface area contributed by atoms with Crippen LogP contribution in [0.25, 0.3) is 11.4 Å². The molecule has 0 bridgehead atoms. The van der Waals surface area contributed by atoms with Crippen molar-refractivity contribution in [1.29, 1.82) is 0 Å². The second-order valence-corrected chi connectivity index (χ2v) is 6.07. The van der Waals surface area contributed by atoms with Gasteiger partial charge in [0.05, 0.1) is 0 Å². The van der Waals surface area contributed by atoms with Crippen LogP contribution < -0.4 is 5.32 Å². The lowest BCUT2D eigenvalue weighted by Gasteiger charge is -2.19. The van der Waals surface area contributed by atoms with Crippen molar-refractivity contribution in [3.8, 4) is 11.4 Å². The summed E-state index contributed by atoms with van der Waals surface area (Å²) in [5.74, 6) is -0.648. The first kappa shape index (κ1) is 17.1. The van der Waals surface area contributed by atoms with Crippen LogP contribution in [0.15, 0.2) is 21.3 Å². The lowest BCUT2D eigenvalue weighted by Crippen LogP contribution is -2.45. The van der Waals surface area contributed by atoms with Crippen LogP contribution in [-0.2, 0) is 16.0 Å². The quantitative estimate of drug-likeness (QED) is 0.766. The molecule has 23 heavy (non-hydrogen) atoms. The molecule has 2 aromatic rings. The van der Waals surface area contributed by atoms with E-state index in [1.165, 1.54) is 11.3 Å². The molecular weight excluding hydrogens is 318 g/mol. The average Bonchev–Trinajstić information content (AvgIpc) is 3.20. The Kier molecular flexibility index (Phi) is 5.86. The smallest absolute Gasteiger partial charge is 0.326 e. The van der Waals surface area contributed by atoms with Crippen molar-refractivity contribution in [2.45, 2.75) is 39.2 Å². The molecule has 0 aliphatic rings. The number of rotatable bonds is 8. The van der Waals surface area contributed by atoms with Crippen molar-refractivity contribution >= 4 is 23.2 Å². The van der Waals surface area contributed by atoms with Crippen molar-refractivity contribution in [2.24, 2.45) is 5.92 Å². The summed E-state index contributed by atoms with van der Waals surface area (Å²) in [6, 6.07) is 1.01. The van der Waals surface area contributed by atoms with Gasteiger partial charge in [0.25, 0.3) is 0 Å². The maximum absolute atomic E-state index is 11.9. The summed E-state index contributed by atoms with van der Waals surface area (Å²) >= 11 is 1.53. The van der Waals surface area contributed by atoms with Crippen LogP contribution in [-0.4, -0.2) is 33.2 Å². The number of carboxylic acid groups (broad SMARTS) is 1. The topological polar surface area (TPSA) is 105 Å². The van der Waals surface area contributed by atoms with Gasteiger partial charge in [0.15, 0.2) is 0 Å². The molecular formula is C15H19N3O4S. The van der Waals surface area contributed by atoms with E-state index in [1.54, 1.807) is 6.92 Å². The van der Waals surface area contributed by atoms with Crippen LogP contribution in [0, 0.1) is 5.92 Å². The van der Waals surface area contributed by atoms with Gasteiger partial charge in [-0.25, -0.2) is 4.79 Å². The Morgan fingerprint density at radius 3 is 2.87 bits per heavy atom. The summed E-state index contributed by atoms with van der Waals surface area (Å²) in [6.45, 7) is 3.68. The van der Waals surface area contributed by atoms with Gasteiger partial charge in [-0.3, -0.25) is 4.79 Å². The second kappa shape index (κ2) is 7.87. The number of hydrogen-bond donors (Lipinski definition) is 2. The molecule has 0 spiro atoms. The fourth-order valence-electron chi connectivity index (χ4n) is 2.01. The van der Waals surface area contributed by atoms with Gasteiger partial charge in [0, 0.05) is 23.8 Å². The number of carboxylic acids is 1. The summed E-state index contributed by atoms with van der Waals surface area (Å²) in [6.07, 6.45) is 1.05. The van der Waals surface area contributed by atoms with Crippen molar-refractivity contribution in [1.82, 2.24) is 15.5 Å². The summed E-state index contributed by atoms with van der Waals surface area (Å²) in [5.41, 5.74) is 0.872. The number of carbonyl (C=O) groups is 2. The van der Waals surface area contributed by atoms with Crippen LogP contribution in [0.5, 0.6) is 0 Å². The molecule has 0 aliphatic carbocycles. The minimum absolute atomic E-state index is 0.103. The molecule has 0 saturated carbocycles. The largest absolute Gasteiger partial charge is 0.480 e. The number of nitrogens with one attached hydrogen (secondary N) is 1. The van der Waals surface area contributed by atoms with E-state index < -0.39 is 12.0 Å². The molecule has 8 heteroatoms. The SMILES string of the molecule is CCC(C)C(NC(=O)CCc1nc(-c2ccsc2)no1)C(=O)O. The fraction of sp³-hybridized carbons (Fsp3) is 0.467. The third-order valence-electron chi connectivity index (χ3n) is 3.61. The molecule has 2 heterocycles. The number of nitrogens with zero attached hydrogens (tertiary/aromatic N) is 2. The molecule has 0 fully saturated rings. The second-order valence-electron chi connectivity index (χ2n) is 5.29. The van der Waals surface area contributed by atoms with Crippen LogP contribution in [0.2, 0.25) is 0 Å². The number of aliphatic carboxylic acids is 1.